The van der Waals surface area contributed by atoms with Gasteiger partial charge in [0.05, 0.1) is 17.2 Å². The molecule has 0 radical (unpaired) electrons. The second kappa shape index (κ2) is 7.83. The number of nitrogens with one attached hydrogen (secondary N) is 1. The first-order valence-corrected chi connectivity index (χ1v) is 10.9. The van der Waals surface area contributed by atoms with Crippen LogP contribution in [0, 0.1) is 20.8 Å². The number of rotatable bonds is 6. The lowest BCUT2D eigenvalue weighted by Crippen LogP contribution is -2.24. The molecule has 1 heterocycles. The molecule has 1 aliphatic rings. The highest BCUT2D eigenvalue weighted by atomic mass is 32.2. The van der Waals surface area contributed by atoms with Crippen molar-refractivity contribution < 1.29 is 17.9 Å². The van der Waals surface area contributed by atoms with Crippen molar-refractivity contribution in [2.75, 3.05) is 22.8 Å². The Bertz CT molecular complexity index is 992. The molecule has 0 atom stereocenters. The molecule has 0 saturated carbocycles. The van der Waals surface area contributed by atoms with Gasteiger partial charge < -0.3 is 9.64 Å². The van der Waals surface area contributed by atoms with Crippen LogP contribution >= 0.6 is 0 Å². The first kappa shape index (κ1) is 20.2. The molecule has 0 bridgehead atoms. The van der Waals surface area contributed by atoms with E-state index in [2.05, 4.69) is 4.72 Å². The van der Waals surface area contributed by atoms with E-state index in [4.69, 9.17) is 4.74 Å². The Morgan fingerprint density at radius 1 is 1.07 bits per heavy atom. The zero-order valence-electron chi connectivity index (χ0n) is 16.7. The van der Waals surface area contributed by atoms with Crippen LogP contribution in [0.1, 0.15) is 36.5 Å². The summed E-state index contributed by atoms with van der Waals surface area (Å²) in [5, 5.41) is 0. The minimum Gasteiger partial charge on any atom is -0.493 e. The normalized spacial score (nSPS) is 14.4. The van der Waals surface area contributed by atoms with Gasteiger partial charge >= 0.3 is 0 Å². The van der Waals surface area contributed by atoms with E-state index in [1.807, 2.05) is 33.8 Å². The average Bonchev–Trinajstić information content (AvgIpc) is 3.05. The highest BCUT2D eigenvalue weighted by Crippen LogP contribution is 2.31. The number of hydrogen-bond donors (Lipinski definition) is 1. The van der Waals surface area contributed by atoms with Crippen LogP contribution in [0.3, 0.4) is 0 Å². The van der Waals surface area contributed by atoms with E-state index in [0.717, 1.165) is 28.8 Å². The first-order valence-electron chi connectivity index (χ1n) is 9.41. The topological polar surface area (TPSA) is 75.7 Å². The van der Waals surface area contributed by atoms with Crippen LogP contribution in [0.2, 0.25) is 0 Å². The average molecular weight is 403 g/mol. The lowest BCUT2D eigenvalue weighted by atomic mass is 10.1. The quantitative estimate of drug-likeness (QED) is 0.794. The lowest BCUT2D eigenvalue weighted by molar-refractivity contribution is -0.117. The fourth-order valence-electron chi connectivity index (χ4n) is 3.52. The van der Waals surface area contributed by atoms with Gasteiger partial charge in [-0.05, 0) is 75.1 Å². The fourth-order valence-corrected chi connectivity index (χ4v) is 4.74. The van der Waals surface area contributed by atoms with Crippen molar-refractivity contribution in [1.82, 2.24) is 0 Å². The standard InChI is InChI=1S/C21H26N2O4S/c1-5-27-21-15(3)11-18(12-16(21)4)28(25,26)22-17-9-8-14(2)19(13-17)23-10-6-7-20(23)24/h8-9,11-13,22H,5-7,10H2,1-4H3. The van der Waals surface area contributed by atoms with Crippen molar-refractivity contribution in [3.05, 3.63) is 47.0 Å². The number of carbonyl (C=O) groups excluding carboxylic acids is 1. The molecule has 6 nitrogen and oxygen atoms in total. The van der Waals surface area contributed by atoms with Gasteiger partial charge in [-0.3, -0.25) is 9.52 Å². The number of anilines is 2. The van der Waals surface area contributed by atoms with Crippen molar-refractivity contribution in [2.45, 2.75) is 45.4 Å². The summed E-state index contributed by atoms with van der Waals surface area (Å²) >= 11 is 0. The molecule has 0 unspecified atom stereocenters. The van der Waals surface area contributed by atoms with Crippen LogP contribution in [-0.4, -0.2) is 27.5 Å². The highest BCUT2D eigenvalue weighted by Gasteiger charge is 2.24. The third-order valence-corrected chi connectivity index (χ3v) is 6.22. The summed E-state index contributed by atoms with van der Waals surface area (Å²) in [5.41, 5.74) is 3.67. The van der Waals surface area contributed by atoms with E-state index in [0.29, 0.717) is 31.0 Å². The van der Waals surface area contributed by atoms with Gasteiger partial charge in [0.2, 0.25) is 5.91 Å². The van der Waals surface area contributed by atoms with Gasteiger partial charge in [0.15, 0.2) is 0 Å². The number of amides is 1. The maximum absolute atomic E-state index is 12.9. The number of sulfonamides is 1. The highest BCUT2D eigenvalue weighted by molar-refractivity contribution is 7.92. The smallest absolute Gasteiger partial charge is 0.261 e. The Balaban J connectivity index is 1.92. The molecule has 3 rings (SSSR count). The number of hydrogen-bond acceptors (Lipinski definition) is 4. The second-order valence-electron chi connectivity index (χ2n) is 7.07. The molecule has 0 aromatic heterocycles. The van der Waals surface area contributed by atoms with Crippen LogP contribution in [0.4, 0.5) is 11.4 Å². The molecule has 0 spiro atoms. The van der Waals surface area contributed by atoms with Gasteiger partial charge in [-0.25, -0.2) is 8.42 Å². The van der Waals surface area contributed by atoms with E-state index < -0.39 is 10.0 Å². The molecule has 1 amide bonds. The number of carbonyl (C=O) groups is 1. The zero-order chi connectivity index (χ0) is 20.5. The Kier molecular flexibility index (Phi) is 5.65. The summed E-state index contributed by atoms with van der Waals surface area (Å²) in [6, 6.07) is 8.49. The first-order chi connectivity index (χ1) is 13.2. The van der Waals surface area contributed by atoms with Crippen LogP contribution in [0.25, 0.3) is 0 Å². The molecule has 150 valence electrons. The molecule has 2 aromatic carbocycles. The van der Waals surface area contributed by atoms with Gasteiger partial charge in [-0.2, -0.15) is 0 Å². The molecule has 1 N–H and O–H groups in total. The summed E-state index contributed by atoms with van der Waals surface area (Å²) in [6.45, 7) is 8.66. The molecule has 28 heavy (non-hydrogen) atoms. The summed E-state index contributed by atoms with van der Waals surface area (Å²) in [6.07, 6.45) is 1.35. The number of nitrogens with zero attached hydrogens (tertiary/aromatic N) is 1. The number of aryl methyl sites for hydroxylation is 3. The molecule has 7 heteroatoms. The van der Waals surface area contributed by atoms with Gasteiger partial charge in [-0.15, -0.1) is 0 Å². The molecule has 0 aliphatic carbocycles. The molecule has 2 aromatic rings. The largest absolute Gasteiger partial charge is 0.493 e. The third kappa shape index (κ3) is 3.99. The van der Waals surface area contributed by atoms with Crippen molar-refractivity contribution in [3.63, 3.8) is 0 Å². The molecule has 1 saturated heterocycles. The molecular formula is C21H26N2O4S. The van der Waals surface area contributed by atoms with Crippen molar-refractivity contribution in [3.8, 4) is 5.75 Å². The Hall–Kier alpha value is -2.54. The van der Waals surface area contributed by atoms with Gasteiger partial charge in [-0.1, -0.05) is 6.07 Å². The molecular weight excluding hydrogens is 376 g/mol. The van der Waals surface area contributed by atoms with Crippen molar-refractivity contribution >= 4 is 27.3 Å². The Morgan fingerprint density at radius 3 is 2.32 bits per heavy atom. The maximum atomic E-state index is 12.9. The van der Waals surface area contributed by atoms with Gasteiger partial charge in [0.1, 0.15) is 5.75 Å². The zero-order valence-corrected chi connectivity index (χ0v) is 17.5. The summed E-state index contributed by atoms with van der Waals surface area (Å²) in [4.78, 5) is 14.0. The predicted molar refractivity (Wildman–Crippen MR) is 111 cm³/mol. The number of benzene rings is 2. The van der Waals surface area contributed by atoms with Crippen LogP contribution < -0.4 is 14.4 Å². The third-order valence-electron chi connectivity index (χ3n) is 4.86. The van der Waals surface area contributed by atoms with E-state index >= 15 is 0 Å². The number of ether oxygens (including phenoxy) is 1. The van der Waals surface area contributed by atoms with E-state index in [9.17, 15) is 13.2 Å². The summed E-state index contributed by atoms with van der Waals surface area (Å²) < 4.78 is 34.1. The second-order valence-corrected chi connectivity index (χ2v) is 8.76. The van der Waals surface area contributed by atoms with Gasteiger partial charge in [0.25, 0.3) is 10.0 Å². The SMILES string of the molecule is CCOc1c(C)cc(S(=O)(=O)Nc2ccc(C)c(N3CCCC3=O)c2)cc1C. The molecule has 1 aliphatic heterocycles. The Morgan fingerprint density at radius 2 is 1.75 bits per heavy atom. The minimum absolute atomic E-state index is 0.0702. The fraction of sp³-hybridized carbons (Fsp3) is 0.381. The molecule has 1 fully saturated rings. The maximum Gasteiger partial charge on any atom is 0.261 e. The Labute approximate surface area is 166 Å². The lowest BCUT2D eigenvalue weighted by Gasteiger charge is -2.20. The van der Waals surface area contributed by atoms with Crippen LogP contribution in [0.15, 0.2) is 35.2 Å². The summed E-state index contributed by atoms with van der Waals surface area (Å²) in [5.74, 6) is 0.785. The van der Waals surface area contributed by atoms with Crippen molar-refractivity contribution in [2.24, 2.45) is 0 Å². The van der Waals surface area contributed by atoms with E-state index in [1.54, 1.807) is 29.2 Å². The minimum atomic E-state index is -3.77. The monoisotopic (exact) mass is 402 g/mol. The van der Waals surface area contributed by atoms with Crippen molar-refractivity contribution in [1.29, 1.82) is 0 Å². The van der Waals surface area contributed by atoms with E-state index in [-0.39, 0.29) is 10.8 Å². The predicted octanol–water partition coefficient (Wildman–Crippen LogP) is 3.94. The van der Waals surface area contributed by atoms with Crippen LogP contribution in [0.5, 0.6) is 5.75 Å². The van der Waals surface area contributed by atoms with E-state index in [1.165, 1.54) is 0 Å². The summed E-state index contributed by atoms with van der Waals surface area (Å²) in [7, 11) is -3.77. The van der Waals surface area contributed by atoms with Gasteiger partial charge in [0, 0.05) is 18.7 Å². The van der Waals surface area contributed by atoms with Crippen LogP contribution in [-0.2, 0) is 14.8 Å².